The molecule has 0 aliphatic rings. The van der Waals surface area contributed by atoms with E-state index >= 15 is 0 Å². The molecule has 62 valence electrons. The van der Waals surface area contributed by atoms with Crippen molar-refractivity contribution in [1.82, 2.24) is 4.98 Å². The van der Waals surface area contributed by atoms with Crippen LogP contribution in [0, 0.1) is 24.1 Å². The minimum Gasteiger partial charge on any atom is -0.492 e. The first kappa shape index (κ1) is 8.47. The standard InChI is InChI=1S/C8H7FN2O/c1-5-7(9)8(12-2)6(3-10)4-11-5/h4H,1-2H3. The lowest BCUT2D eigenvalue weighted by Crippen LogP contribution is -1.97. The van der Waals surface area contributed by atoms with Gasteiger partial charge in [0.1, 0.15) is 11.6 Å². The molecule has 0 aliphatic carbocycles. The van der Waals surface area contributed by atoms with Gasteiger partial charge in [0.15, 0.2) is 11.6 Å². The van der Waals surface area contributed by atoms with Crippen LogP contribution < -0.4 is 4.74 Å². The minimum absolute atomic E-state index is 0.0370. The van der Waals surface area contributed by atoms with E-state index in [2.05, 4.69) is 4.98 Å². The molecule has 1 aromatic heterocycles. The molecule has 0 radical (unpaired) electrons. The van der Waals surface area contributed by atoms with Crippen LogP contribution in [-0.2, 0) is 0 Å². The Balaban J connectivity index is 3.38. The van der Waals surface area contributed by atoms with Gasteiger partial charge in [0.05, 0.1) is 12.8 Å². The van der Waals surface area contributed by atoms with Gasteiger partial charge in [-0.05, 0) is 6.92 Å². The molecule has 4 heteroatoms. The predicted molar refractivity (Wildman–Crippen MR) is 40.2 cm³/mol. The Kier molecular flexibility index (Phi) is 2.24. The Morgan fingerprint density at radius 3 is 2.83 bits per heavy atom. The SMILES string of the molecule is COc1c(C#N)cnc(C)c1F. The van der Waals surface area contributed by atoms with E-state index < -0.39 is 5.82 Å². The number of hydrogen-bond acceptors (Lipinski definition) is 3. The van der Waals surface area contributed by atoms with Crippen LogP contribution >= 0.6 is 0 Å². The van der Waals surface area contributed by atoms with Crippen LogP contribution in [-0.4, -0.2) is 12.1 Å². The summed E-state index contributed by atoms with van der Waals surface area (Å²) in [7, 11) is 1.32. The molecule has 0 bridgehead atoms. The first-order chi connectivity index (χ1) is 5.70. The minimum atomic E-state index is -0.573. The summed E-state index contributed by atoms with van der Waals surface area (Å²) >= 11 is 0. The summed E-state index contributed by atoms with van der Waals surface area (Å²) in [5.74, 6) is -0.610. The largest absolute Gasteiger partial charge is 0.492 e. The molecule has 12 heavy (non-hydrogen) atoms. The fraction of sp³-hybridized carbons (Fsp3) is 0.250. The highest BCUT2D eigenvalue weighted by atomic mass is 19.1. The molecular weight excluding hydrogens is 159 g/mol. The number of nitriles is 1. The molecule has 0 fully saturated rings. The van der Waals surface area contributed by atoms with E-state index in [9.17, 15) is 4.39 Å². The topological polar surface area (TPSA) is 45.9 Å². The van der Waals surface area contributed by atoms with E-state index in [0.29, 0.717) is 0 Å². The van der Waals surface area contributed by atoms with Crippen molar-refractivity contribution in [1.29, 1.82) is 5.26 Å². The van der Waals surface area contributed by atoms with E-state index in [4.69, 9.17) is 10.00 Å². The molecule has 0 aromatic carbocycles. The number of methoxy groups -OCH3 is 1. The van der Waals surface area contributed by atoms with Crippen LogP contribution in [0.15, 0.2) is 6.20 Å². The molecule has 1 rings (SSSR count). The van der Waals surface area contributed by atoms with Crippen molar-refractivity contribution in [3.05, 3.63) is 23.3 Å². The van der Waals surface area contributed by atoms with E-state index in [1.165, 1.54) is 20.2 Å². The van der Waals surface area contributed by atoms with Crippen molar-refractivity contribution in [3.63, 3.8) is 0 Å². The predicted octanol–water partition coefficient (Wildman–Crippen LogP) is 1.41. The summed E-state index contributed by atoms with van der Waals surface area (Å²) in [6.07, 6.45) is 1.29. The van der Waals surface area contributed by atoms with E-state index in [1.807, 2.05) is 0 Å². The van der Waals surface area contributed by atoms with Crippen LogP contribution in [0.3, 0.4) is 0 Å². The first-order valence-electron chi connectivity index (χ1n) is 3.30. The summed E-state index contributed by atoms with van der Waals surface area (Å²) in [5, 5.41) is 8.53. The van der Waals surface area contributed by atoms with Gasteiger partial charge in [0.25, 0.3) is 0 Å². The van der Waals surface area contributed by atoms with Crippen LogP contribution in [0.2, 0.25) is 0 Å². The summed E-state index contributed by atoms with van der Waals surface area (Å²) in [6.45, 7) is 1.51. The van der Waals surface area contributed by atoms with Gasteiger partial charge in [-0.1, -0.05) is 0 Å². The number of rotatable bonds is 1. The fourth-order valence-electron chi connectivity index (χ4n) is 0.838. The van der Waals surface area contributed by atoms with Gasteiger partial charge >= 0.3 is 0 Å². The second-order valence-electron chi connectivity index (χ2n) is 2.22. The van der Waals surface area contributed by atoms with Crippen LogP contribution in [0.4, 0.5) is 4.39 Å². The monoisotopic (exact) mass is 166 g/mol. The fourth-order valence-corrected chi connectivity index (χ4v) is 0.838. The molecule has 1 heterocycles. The number of ether oxygens (including phenoxy) is 1. The molecule has 0 saturated heterocycles. The van der Waals surface area contributed by atoms with Crippen molar-refractivity contribution in [2.75, 3.05) is 7.11 Å². The van der Waals surface area contributed by atoms with Gasteiger partial charge in [0, 0.05) is 6.20 Å². The number of aromatic nitrogens is 1. The summed E-state index contributed by atoms with van der Waals surface area (Å²) in [4.78, 5) is 3.68. The van der Waals surface area contributed by atoms with Gasteiger partial charge in [-0.15, -0.1) is 0 Å². The number of aryl methyl sites for hydroxylation is 1. The highest BCUT2D eigenvalue weighted by molar-refractivity contribution is 5.43. The second-order valence-corrected chi connectivity index (χ2v) is 2.22. The molecule has 0 amide bonds. The van der Waals surface area contributed by atoms with Crippen LogP contribution in [0.25, 0.3) is 0 Å². The third kappa shape index (κ3) is 1.21. The Morgan fingerprint density at radius 2 is 2.33 bits per heavy atom. The summed E-state index contributed by atoms with van der Waals surface area (Å²) in [5.41, 5.74) is 0.339. The van der Waals surface area contributed by atoms with E-state index in [-0.39, 0.29) is 17.0 Å². The Labute approximate surface area is 69.4 Å². The maximum absolute atomic E-state index is 13.1. The van der Waals surface area contributed by atoms with Crippen LogP contribution in [0.1, 0.15) is 11.3 Å². The molecular formula is C8H7FN2O. The first-order valence-corrected chi connectivity index (χ1v) is 3.30. The van der Waals surface area contributed by atoms with Gasteiger partial charge in [-0.25, -0.2) is 4.39 Å². The van der Waals surface area contributed by atoms with Crippen molar-refractivity contribution < 1.29 is 9.13 Å². The zero-order valence-corrected chi connectivity index (χ0v) is 6.76. The number of hydrogen-bond donors (Lipinski definition) is 0. The zero-order chi connectivity index (χ0) is 9.14. The maximum Gasteiger partial charge on any atom is 0.187 e. The number of halogens is 1. The molecule has 0 spiro atoms. The lowest BCUT2D eigenvalue weighted by molar-refractivity contribution is 0.382. The number of nitrogens with zero attached hydrogens (tertiary/aromatic N) is 2. The van der Waals surface area contributed by atoms with E-state index in [0.717, 1.165) is 0 Å². The van der Waals surface area contributed by atoms with Crippen molar-refractivity contribution in [3.8, 4) is 11.8 Å². The van der Waals surface area contributed by atoms with Gasteiger partial charge in [0.2, 0.25) is 0 Å². The summed E-state index contributed by atoms with van der Waals surface area (Å²) < 4.78 is 17.8. The Morgan fingerprint density at radius 1 is 1.67 bits per heavy atom. The summed E-state index contributed by atoms with van der Waals surface area (Å²) in [6, 6.07) is 1.79. The number of pyridine rings is 1. The highest BCUT2D eigenvalue weighted by Gasteiger charge is 2.11. The van der Waals surface area contributed by atoms with Gasteiger partial charge in [-0.2, -0.15) is 5.26 Å². The van der Waals surface area contributed by atoms with Crippen LogP contribution in [0.5, 0.6) is 5.75 Å². The average molecular weight is 166 g/mol. The maximum atomic E-state index is 13.1. The Bertz CT molecular complexity index is 344. The van der Waals surface area contributed by atoms with Crippen molar-refractivity contribution >= 4 is 0 Å². The van der Waals surface area contributed by atoms with E-state index in [1.54, 1.807) is 6.07 Å². The third-order valence-corrected chi connectivity index (χ3v) is 1.47. The quantitative estimate of drug-likeness (QED) is 0.633. The lowest BCUT2D eigenvalue weighted by atomic mass is 10.2. The molecule has 3 nitrogen and oxygen atoms in total. The molecule has 0 atom stereocenters. The molecule has 1 aromatic rings. The van der Waals surface area contributed by atoms with Gasteiger partial charge in [-0.3, -0.25) is 4.98 Å². The highest BCUT2D eigenvalue weighted by Crippen LogP contribution is 2.22. The normalized spacial score (nSPS) is 9.17. The van der Waals surface area contributed by atoms with Crippen molar-refractivity contribution in [2.45, 2.75) is 6.92 Å². The second kappa shape index (κ2) is 3.18. The molecule has 0 N–H and O–H groups in total. The smallest absolute Gasteiger partial charge is 0.187 e. The lowest BCUT2D eigenvalue weighted by Gasteiger charge is -2.04. The zero-order valence-electron chi connectivity index (χ0n) is 6.76. The average Bonchev–Trinajstić information content (AvgIpc) is 2.09. The molecule has 0 unspecified atom stereocenters. The molecule has 0 saturated carbocycles. The van der Waals surface area contributed by atoms with Gasteiger partial charge < -0.3 is 4.74 Å². The third-order valence-electron chi connectivity index (χ3n) is 1.47. The molecule has 0 aliphatic heterocycles. The Hall–Kier alpha value is -1.63. The van der Waals surface area contributed by atoms with Crippen molar-refractivity contribution in [2.24, 2.45) is 0 Å².